The molecule has 6 nitrogen and oxygen atoms in total. The summed E-state index contributed by atoms with van der Waals surface area (Å²) < 4.78 is 0. The number of rotatable bonds is 4. The van der Waals surface area contributed by atoms with E-state index in [9.17, 15) is 0 Å². The molecule has 0 spiro atoms. The van der Waals surface area contributed by atoms with Crippen molar-refractivity contribution in [3.63, 3.8) is 0 Å². The van der Waals surface area contributed by atoms with Crippen molar-refractivity contribution in [2.75, 3.05) is 43.3 Å². The van der Waals surface area contributed by atoms with Gasteiger partial charge in [0, 0.05) is 25.2 Å². The fourth-order valence-electron chi connectivity index (χ4n) is 2.62. The number of nitrogens with zero attached hydrogens (tertiary/aromatic N) is 4. The normalized spacial score (nSPS) is 20.8. The van der Waals surface area contributed by atoms with Gasteiger partial charge in [0.25, 0.3) is 0 Å². The van der Waals surface area contributed by atoms with Crippen LogP contribution in [0.25, 0.3) is 0 Å². The van der Waals surface area contributed by atoms with Crippen molar-refractivity contribution in [1.29, 1.82) is 0 Å². The van der Waals surface area contributed by atoms with Crippen molar-refractivity contribution in [2.45, 2.75) is 31.0 Å². The zero-order chi connectivity index (χ0) is 14.5. The Bertz CT molecular complexity index is 419. The van der Waals surface area contributed by atoms with Gasteiger partial charge in [0.1, 0.15) is 11.6 Å². The largest absolute Gasteiger partial charge is 0.352 e. The first-order valence-electron chi connectivity index (χ1n) is 7.02. The number of hydrazine groups is 1. The van der Waals surface area contributed by atoms with Crippen LogP contribution in [0.2, 0.25) is 0 Å². The molecule has 1 aliphatic rings. The Labute approximate surface area is 125 Å². The Morgan fingerprint density at radius 3 is 2.90 bits per heavy atom. The lowest BCUT2D eigenvalue weighted by atomic mass is 10.2. The van der Waals surface area contributed by atoms with Crippen molar-refractivity contribution in [1.82, 2.24) is 14.9 Å². The second-order valence-corrected chi connectivity index (χ2v) is 5.89. The molecule has 7 heteroatoms. The first-order chi connectivity index (χ1) is 9.67. The minimum Gasteiger partial charge on any atom is -0.352 e. The van der Waals surface area contributed by atoms with Crippen LogP contribution in [-0.4, -0.2) is 53.8 Å². The summed E-state index contributed by atoms with van der Waals surface area (Å²) >= 11 is 1.54. The van der Waals surface area contributed by atoms with Crippen molar-refractivity contribution >= 4 is 23.4 Å². The average Bonchev–Trinajstić information content (AvgIpc) is 2.67. The van der Waals surface area contributed by atoms with E-state index in [0.717, 1.165) is 43.5 Å². The summed E-state index contributed by atoms with van der Waals surface area (Å²) in [6.45, 7) is 5.46. The number of likely N-dealkylation sites (N-methyl/N-ethyl adjacent to an activating group) is 1. The highest BCUT2D eigenvalue weighted by molar-refractivity contribution is 7.98. The fourth-order valence-corrected chi connectivity index (χ4v) is 2.99. The number of thioether (sulfide) groups is 1. The summed E-state index contributed by atoms with van der Waals surface area (Å²) in [6.07, 6.45) is 4.23. The molecule has 0 bridgehead atoms. The topological polar surface area (TPSA) is 70.3 Å². The van der Waals surface area contributed by atoms with E-state index in [1.54, 1.807) is 0 Å². The monoisotopic (exact) mass is 296 g/mol. The average molecular weight is 296 g/mol. The predicted octanol–water partition coefficient (Wildman–Crippen LogP) is 1.40. The highest BCUT2D eigenvalue weighted by Gasteiger charge is 2.24. The van der Waals surface area contributed by atoms with Crippen molar-refractivity contribution in [3.05, 3.63) is 6.07 Å². The van der Waals surface area contributed by atoms with Gasteiger partial charge in [0.15, 0.2) is 5.16 Å². The van der Waals surface area contributed by atoms with Crippen LogP contribution in [0.1, 0.15) is 19.8 Å². The lowest BCUT2D eigenvalue weighted by Crippen LogP contribution is -2.40. The molecule has 0 amide bonds. The second kappa shape index (κ2) is 7.10. The van der Waals surface area contributed by atoms with Gasteiger partial charge in [-0.1, -0.05) is 18.7 Å². The molecule has 1 fully saturated rings. The molecule has 1 atom stereocenters. The molecule has 0 radical (unpaired) electrons. The number of hydrogen-bond acceptors (Lipinski definition) is 7. The van der Waals surface area contributed by atoms with Crippen LogP contribution in [0.3, 0.4) is 0 Å². The summed E-state index contributed by atoms with van der Waals surface area (Å²) in [4.78, 5) is 13.8. The van der Waals surface area contributed by atoms with Gasteiger partial charge >= 0.3 is 0 Å². The predicted molar refractivity (Wildman–Crippen MR) is 85.2 cm³/mol. The number of hydrogen-bond donors (Lipinski definition) is 2. The molecule has 1 saturated heterocycles. The van der Waals surface area contributed by atoms with Gasteiger partial charge in [0.05, 0.1) is 0 Å². The van der Waals surface area contributed by atoms with E-state index in [4.69, 9.17) is 5.84 Å². The maximum absolute atomic E-state index is 5.52. The highest BCUT2D eigenvalue weighted by atomic mass is 32.2. The van der Waals surface area contributed by atoms with E-state index in [0.29, 0.717) is 11.9 Å². The van der Waals surface area contributed by atoms with Gasteiger partial charge in [-0.05, 0) is 32.7 Å². The van der Waals surface area contributed by atoms with Gasteiger partial charge in [-0.25, -0.2) is 15.8 Å². The molecule has 112 valence electrons. The lowest BCUT2D eigenvalue weighted by molar-refractivity contribution is 0.327. The quantitative estimate of drug-likeness (QED) is 0.377. The van der Waals surface area contributed by atoms with E-state index >= 15 is 0 Å². The smallest absolute Gasteiger partial charge is 0.191 e. The maximum Gasteiger partial charge on any atom is 0.191 e. The highest BCUT2D eigenvalue weighted by Crippen LogP contribution is 2.24. The minimum absolute atomic E-state index is 0.484. The van der Waals surface area contributed by atoms with E-state index < -0.39 is 0 Å². The van der Waals surface area contributed by atoms with E-state index in [2.05, 4.69) is 39.2 Å². The summed E-state index contributed by atoms with van der Waals surface area (Å²) in [5.41, 5.74) is 2.64. The van der Waals surface area contributed by atoms with E-state index in [-0.39, 0.29) is 0 Å². The fraction of sp³-hybridized carbons (Fsp3) is 0.692. The summed E-state index contributed by atoms with van der Waals surface area (Å²) in [5, 5.41) is 0.753. The molecular formula is C13H24N6S. The van der Waals surface area contributed by atoms with Crippen molar-refractivity contribution in [3.8, 4) is 0 Å². The molecule has 1 aliphatic heterocycles. The Morgan fingerprint density at radius 2 is 2.25 bits per heavy atom. The minimum atomic E-state index is 0.484. The third-order valence-corrected chi connectivity index (χ3v) is 4.24. The second-order valence-electron chi connectivity index (χ2n) is 5.11. The van der Waals surface area contributed by atoms with Crippen LogP contribution in [-0.2, 0) is 0 Å². The van der Waals surface area contributed by atoms with Gasteiger partial charge in [0.2, 0.25) is 0 Å². The van der Waals surface area contributed by atoms with Gasteiger partial charge in [-0.3, -0.25) is 0 Å². The first-order valence-corrected chi connectivity index (χ1v) is 8.25. The van der Waals surface area contributed by atoms with E-state index in [1.165, 1.54) is 11.8 Å². The van der Waals surface area contributed by atoms with Crippen LogP contribution in [0.15, 0.2) is 11.2 Å². The number of nitrogens with two attached hydrogens (primary N) is 1. The molecule has 3 N–H and O–H groups in total. The Kier molecular flexibility index (Phi) is 5.45. The molecule has 1 unspecified atom stereocenters. The number of nitrogens with one attached hydrogen (secondary N) is 1. The molecule has 1 aromatic heterocycles. The third kappa shape index (κ3) is 3.53. The summed E-state index contributed by atoms with van der Waals surface area (Å²) in [6, 6.07) is 2.42. The Morgan fingerprint density at radius 1 is 1.45 bits per heavy atom. The zero-order valence-electron chi connectivity index (χ0n) is 12.5. The molecule has 1 aromatic rings. The third-order valence-electron chi connectivity index (χ3n) is 3.69. The standard InChI is InChI=1S/C13H24N6S/c1-4-10-9-18(2)6-5-7-19(10)12-8-11(17-14)15-13(16-12)20-3/h8,10H,4-7,9,14H2,1-3H3,(H,15,16,17). The number of nitrogen functional groups attached to an aromatic ring is 1. The molecule has 0 aliphatic carbocycles. The number of anilines is 2. The van der Waals surface area contributed by atoms with Crippen LogP contribution in [0, 0.1) is 0 Å². The van der Waals surface area contributed by atoms with Crippen LogP contribution < -0.4 is 16.2 Å². The molecule has 2 rings (SSSR count). The number of aromatic nitrogens is 2. The lowest BCUT2D eigenvalue weighted by Gasteiger charge is -2.31. The summed E-state index contributed by atoms with van der Waals surface area (Å²) in [5.74, 6) is 7.16. The van der Waals surface area contributed by atoms with E-state index in [1.807, 2.05) is 12.3 Å². The summed E-state index contributed by atoms with van der Waals surface area (Å²) in [7, 11) is 2.19. The Hall–Kier alpha value is -1.05. The molecule has 0 saturated carbocycles. The Balaban J connectivity index is 2.31. The molecule has 0 aromatic carbocycles. The first kappa shape index (κ1) is 15.3. The van der Waals surface area contributed by atoms with Crippen molar-refractivity contribution < 1.29 is 0 Å². The molecular weight excluding hydrogens is 272 g/mol. The van der Waals surface area contributed by atoms with Crippen LogP contribution in [0.4, 0.5) is 11.6 Å². The zero-order valence-corrected chi connectivity index (χ0v) is 13.3. The molecule has 20 heavy (non-hydrogen) atoms. The SMILES string of the molecule is CCC1CN(C)CCCN1c1cc(NN)nc(SC)n1. The van der Waals surface area contributed by atoms with Gasteiger partial charge < -0.3 is 15.2 Å². The maximum atomic E-state index is 5.52. The molecule has 2 heterocycles. The van der Waals surface area contributed by atoms with Crippen LogP contribution in [0.5, 0.6) is 0 Å². The van der Waals surface area contributed by atoms with Gasteiger partial charge in [-0.2, -0.15) is 0 Å². The van der Waals surface area contributed by atoms with Crippen molar-refractivity contribution in [2.24, 2.45) is 5.84 Å². The van der Waals surface area contributed by atoms with Crippen LogP contribution >= 0.6 is 11.8 Å². The van der Waals surface area contributed by atoms with Gasteiger partial charge in [-0.15, -0.1) is 0 Å².